The second-order valence-corrected chi connectivity index (χ2v) is 12.4. The van der Waals surface area contributed by atoms with E-state index in [-0.39, 0.29) is 18.5 Å². The number of nitrogens with zero attached hydrogens (tertiary/aromatic N) is 2. The number of sulfonamides is 1. The maximum atomic E-state index is 14.1. The summed E-state index contributed by atoms with van der Waals surface area (Å²) in [7, 11) is -3.80. The molecule has 39 heavy (non-hydrogen) atoms. The zero-order valence-corrected chi connectivity index (χ0v) is 24.5. The molecular weight excluding hydrogens is 510 g/mol. The molecule has 0 spiro atoms. The lowest BCUT2D eigenvalue weighted by atomic mass is 10.0. The van der Waals surface area contributed by atoms with Gasteiger partial charge in [-0.05, 0) is 69.0 Å². The molecule has 3 rings (SSSR count). The third kappa shape index (κ3) is 8.68. The molecule has 0 aliphatic carbocycles. The Labute approximate surface area is 232 Å². The second kappa shape index (κ2) is 12.9. The molecule has 2 amide bonds. The average Bonchev–Trinajstić information content (AvgIpc) is 2.84. The molecule has 1 atom stereocenters. The van der Waals surface area contributed by atoms with E-state index in [0.29, 0.717) is 12.1 Å². The molecule has 0 fully saturated rings. The minimum Gasteiger partial charge on any atom is -0.352 e. The van der Waals surface area contributed by atoms with Crippen LogP contribution < -0.4 is 9.62 Å². The Morgan fingerprint density at radius 2 is 1.41 bits per heavy atom. The first-order valence-electron chi connectivity index (χ1n) is 13.1. The van der Waals surface area contributed by atoms with Crippen molar-refractivity contribution in [2.45, 2.75) is 59.7 Å². The van der Waals surface area contributed by atoms with Crippen molar-refractivity contribution in [3.63, 3.8) is 0 Å². The van der Waals surface area contributed by atoms with E-state index in [1.54, 1.807) is 12.1 Å². The number of carbonyl (C=O) groups is 2. The van der Waals surface area contributed by atoms with Crippen LogP contribution in [0.2, 0.25) is 0 Å². The van der Waals surface area contributed by atoms with Crippen LogP contribution in [0.15, 0.2) is 72.8 Å². The first-order chi connectivity index (χ1) is 18.3. The van der Waals surface area contributed by atoms with Gasteiger partial charge in [0.1, 0.15) is 12.6 Å². The first-order valence-corrected chi connectivity index (χ1v) is 14.9. The molecule has 0 aliphatic rings. The number of carbonyl (C=O) groups excluding carboxylic acids is 2. The molecule has 1 N–H and O–H groups in total. The molecule has 0 saturated carbocycles. The van der Waals surface area contributed by atoms with Gasteiger partial charge < -0.3 is 10.2 Å². The van der Waals surface area contributed by atoms with E-state index in [1.165, 1.54) is 4.90 Å². The maximum Gasteiger partial charge on any atom is 0.244 e. The average molecular weight is 550 g/mol. The smallest absolute Gasteiger partial charge is 0.244 e. The van der Waals surface area contributed by atoms with Crippen molar-refractivity contribution >= 4 is 27.5 Å². The molecule has 0 saturated heterocycles. The van der Waals surface area contributed by atoms with Crippen LogP contribution in [-0.2, 0) is 32.6 Å². The number of hydrogen-bond acceptors (Lipinski definition) is 4. The number of aryl methyl sites for hydroxylation is 3. The summed E-state index contributed by atoms with van der Waals surface area (Å²) in [5, 5.41) is 2.96. The van der Waals surface area contributed by atoms with Crippen LogP contribution in [0.4, 0.5) is 5.69 Å². The van der Waals surface area contributed by atoms with E-state index in [4.69, 9.17) is 0 Å². The van der Waals surface area contributed by atoms with Gasteiger partial charge in [-0.1, -0.05) is 66.2 Å². The number of amides is 2. The number of nitrogens with one attached hydrogen (secondary N) is 1. The van der Waals surface area contributed by atoms with E-state index >= 15 is 0 Å². The van der Waals surface area contributed by atoms with Crippen molar-refractivity contribution in [3.05, 3.63) is 101 Å². The molecule has 7 nitrogen and oxygen atoms in total. The van der Waals surface area contributed by atoms with Gasteiger partial charge >= 0.3 is 0 Å². The molecule has 208 valence electrons. The lowest BCUT2D eigenvalue weighted by Crippen LogP contribution is -2.54. The fraction of sp³-hybridized carbons (Fsp3) is 0.355. The minimum absolute atomic E-state index is 0.130. The van der Waals surface area contributed by atoms with E-state index in [2.05, 4.69) is 5.32 Å². The zero-order valence-electron chi connectivity index (χ0n) is 23.6. The Kier molecular flexibility index (Phi) is 9.92. The highest BCUT2D eigenvalue weighted by Gasteiger charge is 2.33. The van der Waals surface area contributed by atoms with Crippen molar-refractivity contribution in [1.82, 2.24) is 10.2 Å². The molecule has 0 unspecified atom stereocenters. The van der Waals surface area contributed by atoms with Crippen molar-refractivity contribution in [1.29, 1.82) is 0 Å². The van der Waals surface area contributed by atoms with Gasteiger partial charge in [-0.25, -0.2) is 8.42 Å². The monoisotopic (exact) mass is 549 g/mol. The number of rotatable bonds is 11. The van der Waals surface area contributed by atoms with Gasteiger partial charge in [-0.2, -0.15) is 0 Å². The molecule has 0 heterocycles. The van der Waals surface area contributed by atoms with Crippen LogP contribution in [-0.4, -0.2) is 50.0 Å². The van der Waals surface area contributed by atoms with E-state index in [1.807, 2.05) is 95.3 Å². The first kappa shape index (κ1) is 29.9. The topological polar surface area (TPSA) is 86.8 Å². The van der Waals surface area contributed by atoms with Crippen molar-refractivity contribution in [2.24, 2.45) is 0 Å². The maximum absolute atomic E-state index is 14.1. The summed E-state index contributed by atoms with van der Waals surface area (Å²) in [5.74, 6) is -0.744. The standard InChI is InChI=1S/C31H39N3O4S/c1-22(2)32-31(36)29(19-26-10-8-7-9-11-26)33(20-27-14-12-23(3)13-15-27)30(35)21-34(39(6,37)38)28-17-24(4)16-25(5)18-28/h7-18,22,29H,19-21H2,1-6H3,(H,32,36)/t29-/m1/s1. The third-order valence-corrected chi connectivity index (χ3v) is 7.49. The fourth-order valence-electron chi connectivity index (χ4n) is 4.53. The van der Waals surface area contributed by atoms with E-state index in [9.17, 15) is 18.0 Å². The minimum atomic E-state index is -3.80. The van der Waals surface area contributed by atoms with E-state index in [0.717, 1.165) is 38.4 Å². The predicted molar refractivity (Wildman–Crippen MR) is 157 cm³/mol. The number of benzene rings is 3. The highest BCUT2D eigenvalue weighted by molar-refractivity contribution is 7.92. The van der Waals surface area contributed by atoms with Crippen molar-refractivity contribution in [2.75, 3.05) is 17.1 Å². The molecule has 8 heteroatoms. The van der Waals surface area contributed by atoms with Gasteiger partial charge in [0.05, 0.1) is 11.9 Å². The van der Waals surface area contributed by atoms with Gasteiger partial charge in [0, 0.05) is 19.0 Å². The molecule has 3 aromatic carbocycles. The summed E-state index contributed by atoms with van der Waals surface area (Å²) in [6, 6.07) is 21.8. The number of hydrogen-bond donors (Lipinski definition) is 1. The molecule has 0 aliphatic heterocycles. The summed E-state index contributed by atoms with van der Waals surface area (Å²) >= 11 is 0. The van der Waals surface area contributed by atoms with Crippen LogP contribution in [0.5, 0.6) is 0 Å². The zero-order chi connectivity index (χ0) is 28.7. The highest BCUT2D eigenvalue weighted by atomic mass is 32.2. The second-order valence-electron chi connectivity index (χ2n) is 10.5. The lowest BCUT2D eigenvalue weighted by molar-refractivity contribution is -0.140. The van der Waals surface area contributed by atoms with Crippen LogP contribution in [0.25, 0.3) is 0 Å². The van der Waals surface area contributed by atoms with Gasteiger partial charge in [-0.15, -0.1) is 0 Å². The summed E-state index contributed by atoms with van der Waals surface area (Å²) in [4.78, 5) is 29.1. The third-order valence-electron chi connectivity index (χ3n) is 6.35. The van der Waals surface area contributed by atoms with Gasteiger partial charge in [0.15, 0.2) is 0 Å². The molecule has 0 radical (unpaired) electrons. The van der Waals surface area contributed by atoms with Crippen LogP contribution in [0.3, 0.4) is 0 Å². The molecule has 0 bridgehead atoms. The Morgan fingerprint density at radius 1 is 0.821 bits per heavy atom. The highest BCUT2D eigenvalue weighted by Crippen LogP contribution is 2.23. The molecular formula is C31H39N3O4S. The SMILES string of the molecule is Cc1ccc(CN(C(=O)CN(c2cc(C)cc(C)c2)S(C)(=O)=O)[C@H](Cc2ccccc2)C(=O)NC(C)C)cc1. The summed E-state index contributed by atoms with van der Waals surface area (Å²) in [5.41, 5.74) is 5.03. The quantitative estimate of drug-likeness (QED) is 0.380. The summed E-state index contributed by atoms with van der Waals surface area (Å²) in [6.45, 7) is 9.22. The van der Waals surface area contributed by atoms with Crippen LogP contribution >= 0.6 is 0 Å². The lowest BCUT2D eigenvalue weighted by Gasteiger charge is -2.34. The Bertz CT molecular complexity index is 1370. The van der Waals surface area contributed by atoms with Crippen molar-refractivity contribution in [3.8, 4) is 0 Å². The summed E-state index contributed by atoms with van der Waals surface area (Å²) < 4.78 is 27.0. The van der Waals surface area contributed by atoms with E-state index < -0.39 is 28.5 Å². The fourth-order valence-corrected chi connectivity index (χ4v) is 5.37. The largest absolute Gasteiger partial charge is 0.352 e. The normalized spacial score (nSPS) is 12.2. The number of anilines is 1. The van der Waals surface area contributed by atoms with Gasteiger partial charge in [0.25, 0.3) is 0 Å². The Hall–Kier alpha value is -3.65. The Balaban J connectivity index is 2.06. The molecule has 0 aromatic heterocycles. The predicted octanol–water partition coefficient (Wildman–Crippen LogP) is 4.54. The molecule has 3 aromatic rings. The van der Waals surface area contributed by atoms with Crippen LogP contribution in [0, 0.1) is 20.8 Å². The summed E-state index contributed by atoms with van der Waals surface area (Å²) in [6.07, 6.45) is 1.38. The van der Waals surface area contributed by atoms with Gasteiger partial charge in [-0.3, -0.25) is 13.9 Å². The van der Waals surface area contributed by atoms with Crippen molar-refractivity contribution < 1.29 is 18.0 Å². The van der Waals surface area contributed by atoms with Gasteiger partial charge in [0.2, 0.25) is 21.8 Å². The van der Waals surface area contributed by atoms with Crippen LogP contribution in [0.1, 0.15) is 41.7 Å². The Morgan fingerprint density at radius 3 is 1.95 bits per heavy atom.